The van der Waals surface area contributed by atoms with Crippen LogP contribution in [0.4, 0.5) is 0 Å². The van der Waals surface area contributed by atoms with E-state index >= 15 is 0 Å². The highest BCUT2D eigenvalue weighted by Crippen LogP contribution is 2.59. The zero-order chi connectivity index (χ0) is 22.6. The first kappa shape index (κ1) is 18.6. The zero-order valence-electron chi connectivity index (χ0n) is 19.1. The monoisotopic (exact) mass is 442 g/mol. The fraction of sp³-hybridized carbons (Fsp3) is 0.333. The molecule has 32 heavy (non-hydrogen) atoms. The number of hydrogen-bond acceptors (Lipinski definition) is 3. The molecule has 3 aromatic heterocycles. The summed E-state index contributed by atoms with van der Waals surface area (Å²) in [7, 11) is 0. The van der Waals surface area contributed by atoms with Crippen LogP contribution >= 0.6 is 11.3 Å². The summed E-state index contributed by atoms with van der Waals surface area (Å²) < 4.78 is 11.3. The summed E-state index contributed by atoms with van der Waals surface area (Å²) in [4.78, 5) is 17.3. The van der Waals surface area contributed by atoms with Crippen molar-refractivity contribution in [2.75, 3.05) is 0 Å². The summed E-state index contributed by atoms with van der Waals surface area (Å²) in [5.41, 5.74) is 5.56. The van der Waals surface area contributed by atoms with E-state index in [4.69, 9.17) is 1.37 Å². The molecule has 3 heterocycles. The number of fused-ring (bicyclic) bond motifs is 1. The van der Waals surface area contributed by atoms with Gasteiger partial charge in [-0.1, -0.05) is 37.3 Å². The molecule has 162 valence electrons. The van der Waals surface area contributed by atoms with E-state index in [1.807, 2.05) is 17.6 Å². The Labute approximate surface area is 193 Å². The van der Waals surface area contributed by atoms with Gasteiger partial charge in [-0.25, -0.2) is 0 Å². The quantitative estimate of drug-likeness (QED) is 0.405. The number of carbonyl (C=O) groups is 1. The molecule has 2 aliphatic carbocycles. The first-order chi connectivity index (χ1) is 16.0. The maximum absolute atomic E-state index is 13.1. The average molecular weight is 443 g/mol. The molecule has 6 rings (SSSR count). The Morgan fingerprint density at radius 2 is 2.09 bits per heavy atom. The van der Waals surface area contributed by atoms with Crippen LogP contribution in [0, 0.1) is 11.3 Å². The summed E-state index contributed by atoms with van der Waals surface area (Å²) in [5, 5.41) is 5.25. The molecule has 4 aromatic rings. The van der Waals surface area contributed by atoms with Gasteiger partial charge in [-0.15, -0.1) is 11.3 Å². The fourth-order valence-corrected chi connectivity index (χ4v) is 6.29. The molecule has 4 nitrogen and oxygen atoms in total. The highest BCUT2D eigenvalue weighted by Gasteiger charge is 2.53. The molecule has 1 N–H and O–H groups in total. The molecule has 2 unspecified atom stereocenters. The SMILES string of the molecule is [2H]C1CC2(CC(NC(=O)c3csc4ccn(Cc5ccc(-c6cccnc6)cc5)c34)C2)C1C. The van der Waals surface area contributed by atoms with Gasteiger partial charge in [-0.05, 0) is 65.8 Å². The second-order valence-electron chi connectivity index (χ2n) is 9.41. The van der Waals surface area contributed by atoms with Crippen LogP contribution in [-0.4, -0.2) is 21.5 Å². The Balaban J connectivity index is 1.17. The van der Waals surface area contributed by atoms with Crippen LogP contribution in [0.5, 0.6) is 0 Å². The number of benzene rings is 1. The van der Waals surface area contributed by atoms with Gasteiger partial charge in [0, 0.05) is 37.9 Å². The van der Waals surface area contributed by atoms with E-state index in [9.17, 15) is 4.79 Å². The van der Waals surface area contributed by atoms with Crippen LogP contribution in [0.1, 0.15) is 49.9 Å². The zero-order valence-corrected chi connectivity index (χ0v) is 18.9. The number of amides is 1. The van der Waals surface area contributed by atoms with Crippen LogP contribution in [0.15, 0.2) is 66.4 Å². The predicted molar refractivity (Wildman–Crippen MR) is 130 cm³/mol. The van der Waals surface area contributed by atoms with Crippen LogP contribution in [0.2, 0.25) is 0 Å². The minimum atomic E-state index is 0.0300. The Hall–Kier alpha value is -2.92. The normalized spacial score (nSPS) is 27.0. The molecule has 0 bridgehead atoms. The molecular weight excluding hydrogens is 414 g/mol. The van der Waals surface area contributed by atoms with Crippen LogP contribution in [0.25, 0.3) is 21.3 Å². The third-order valence-corrected chi connectivity index (χ3v) is 8.45. The second kappa shape index (κ2) is 7.59. The van der Waals surface area contributed by atoms with Crippen molar-refractivity contribution in [2.24, 2.45) is 11.3 Å². The Bertz CT molecular complexity index is 1300. The summed E-state index contributed by atoms with van der Waals surface area (Å²) in [5.74, 6) is 0.489. The minimum absolute atomic E-state index is 0.0300. The topological polar surface area (TPSA) is 46.9 Å². The largest absolute Gasteiger partial charge is 0.349 e. The lowest BCUT2D eigenvalue weighted by atomic mass is 9.49. The van der Waals surface area contributed by atoms with Gasteiger partial charge in [-0.3, -0.25) is 9.78 Å². The van der Waals surface area contributed by atoms with E-state index < -0.39 is 0 Å². The summed E-state index contributed by atoms with van der Waals surface area (Å²) >= 11 is 1.63. The molecule has 1 amide bonds. The lowest BCUT2D eigenvalue weighted by Gasteiger charge is -2.58. The molecule has 2 aliphatic rings. The smallest absolute Gasteiger partial charge is 0.254 e. The molecule has 0 radical (unpaired) electrons. The van der Waals surface area contributed by atoms with Crippen molar-refractivity contribution in [3.63, 3.8) is 0 Å². The van der Waals surface area contributed by atoms with Gasteiger partial charge in [-0.2, -0.15) is 0 Å². The Kier molecular flexibility index (Phi) is 4.42. The molecule has 2 saturated carbocycles. The van der Waals surface area contributed by atoms with E-state index in [-0.39, 0.29) is 18.3 Å². The number of thiophene rings is 1. The van der Waals surface area contributed by atoms with Crippen LogP contribution in [-0.2, 0) is 6.54 Å². The summed E-state index contributed by atoms with van der Waals surface area (Å²) in [6.07, 6.45) is 8.86. The van der Waals surface area contributed by atoms with Crippen molar-refractivity contribution in [1.82, 2.24) is 14.9 Å². The lowest BCUT2D eigenvalue weighted by molar-refractivity contribution is -0.0599. The summed E-state index contributed by atoms with van der Waals surface area (Å²) in [6.45, 7) is 2.92. The molecule has 1 aromatic carbocycles. The molecule has 0 aliphatic heterocycles. The highest BCUT2D eigenvalue weighted by molar-refractivity contribution is 7.17. The van der Waals surface area contributed by atoms with Crippen molar-refractivity contribution >= 4 is 27.5 Å². The molecule has 0 saturated heterocycles. The molecule has 2 atom stereocenters. The third kappa shape index (κ3) is 3.27. The van der Waals surface area contributed by atoms with Gasteiger partial charge >= 0.3 is 0 Å². The number of nitrogens with one attached hydrogen (secondary N) is 1. The predicted octanol–water partition coefficient (Wildman–Crippen LogP) is 6.12. The van der Waals surface area contributed by atoms with Gasteiger partial charge in [0.05, 0.1) is 15.8 Å². The van der Waals surface area contributed by atoms with Gasteiger partial charge in [0.1, 0.15) is 0 Å². The van der Waals surface area contributed by atoms with E-state index in [2.05, 4.69) is 64.4 Å². The second-order valence-corrected chi connectivity index (χ2v) is 10.3. The van der Waals surface area contributed by atoms with Crippen molar-refractivity contribution in [1.29, 1.82) is 0 Å². The molecule has 2 fully saturated rings. The number of rotatable bonds is 5. The van der Waals surface area contributed by atoms with Crippen molar-refractivity contribution < 1.29 is 6.17 Å². The lowest BCUT2D eigenvalue weighted by Crippen LogP contribution is -2.57. The van der Waals surface area contributed by atoms with Gasteiger partial charge in [0.2, 0.25) is 0 Å². The highest BCUT2D eigenvalue weighted by atomic mass is 32.1. The van der Waals surface area contributed by atoms with Crippen LogP contribution in [0.3, 0.4) is 0 Å². The third-order valence-electron chi connectivity index (χ3n) is 7.52. The van der Waals surface area contributed by atoms with Crippen molar-refractivity contribution in [3.8, 4) is 11.1 Å². The molecule has 1 spiro atoms. The average Bonchev–Trinajstić information content (AvgIpc) is 3.41. The number of aromatic nitrogens is 2. The van der Waals surface area contributed by atoms with Gasteiger partial charge in [0.25, 0.3) is 5.91 Å². The Morgan fingerprint density at radius 1 is 1.25 bits per heavy atom. The first-order valence-electron chi connectivity index (χ1n) is 11.9. The van der Waals surface area contributed by atoms with Gasteiger partial charge < -0.3 is 9.88 Å². The number of hydrogen-bond donors (Lipinski definition) is 1. The fourth-order valence-electron chi connectivity index (χ4n) is 5.35. The van der Waals surface area contributed by atoms with E-state index in [1.165, 1.54) is 5.56 Å². The van der Waals surface area contributed by atoms with Crippen molar-refractivity contribution in [2.45, 2.75) is 45.2 Å². The minimum Gasteiger partial charge on any atom is -0.349 e. The molecular formula is C27H27N3OS. The van der Waals surface area contributed by atoms with E-state index in [0.29, 0.717) is 11.3 Å². The number of carbonyl (C=O) groups excluding carboxylic acids is 1. The summed E-state index contributed by atoms with van der Waals surface area (Å²) in [6, 6.07) is 14.9. The number of pyridine rings is 1. The Morgan fingerprint density at radius 3 is 2.81 bits per heavy atom. The maximum atomic E-state index is 13.1. The standard InChI is InChI=1S/C27H27N3OS/c1-18-8-10-27(18)13-22(14-27)29-26(31)23-17-32-24-9-12-30(25(23)24)16-19-4-6-20(7-5-19)21-3-2-11-28-15-21/h2-7,9,11-12,15,17-18,22H,8,10,13-14,16H2,1H3,(H,29,31)/i8D. The van der Waals surface area contributed by atoms with Crippen molar-refractivity contribution in [3.05, 3.63) is 77.6 Å². The molecule has 5 heteroatoms. The van der Waals surface area contributed by atoms with E-state index in [1.54, 1.807) is 17.5 Å². The number of nitrogens with zero attached hydrogens (tertiary/aromatic N) is 2. The maximum Gasteiger partial charge on any atom is 0.254 e. The van der Waals surface area contributed by atoms with Gasteiger partial charge in [0.15, 0.2) is 0 Å². The first-order valence-corrected chi connectivity index (χ1v) is 12.2. The van der Waals surface area contributed by atoms with Crippen LogP contribution < -0.4 is 5.32 Å². The van der Waals surface area contributed by atoms with E-state index in [0.717, 1.165) is 52.7 Å².